The van der Waals surface area contributed by atoms with E-state index in [0.717, 1.165) is 37.5 Å². The van der Waals surface area contributed by atoms with Gasteiger partial charge in [0.25, 0.3) is 0 Å². The largest absolute Gasteiger partial charge is 0.299 e. The summed E-state index contributed by atoms with van der Waals surface area (Å²) in [5.74, 6) is 2.21. The maximum Gasteiger partial charge on any atom is 0.136 e. The highest BCUT2D eigenvalue weighted by atomic mass is 16.1. The molecule has 1 aliphatic rings. The van der Waals surface area contributed by atoms with Crippen molar-refractivity contribution in [2.75, 3.05) is 0 Å². The minimum Gasteiger partial charge on any atom is -0.299 e. The van der Waals surface area contributed by atoms with Gasteiger partial charge in [0.15, 0.2) is 0 Å². The first-order valence-electron chi connectivity index (χ1n) is 5.28. The molecule has 0 unspecified atom stereocenters. The monoisotopic (exact) mass is 180 g/mol. The molecule has 0 amide bonds. The van der Waals surface area contributed by atoms with Crippen LogP contribution in [-0.2, 0) is 4.79 Å². The van der Waals surface area contributed by atoms with Gasteiger partial charge in [0.2, 0.25) is 0 Å². The molecule has 1 nitrogen and oxygen atoms in total. The molecular formula is C12H20O. The lowest BCUT2D eigenvalue weighted by Gasteiger charge is -2.30. The summed E-state index contributed by atoms with van der Waals surface area (Å²) in [6, 6.07) is 0. The Kier molecular flexibility index (Phi) is 3.71. The molecule has 0 N–H and O–H groups in total. The van der Waals surface area contributed by atoms with Gasteiger partial charge in [0.1, 0.15) is 5.78 Å². The van der Waals surface area contributed by atoms with Crippen LogP contribution in [0, 0.1) is 17.8 Å². The van der Waals surface area contributed by atoms with Gasteiger partial charge in [0, 0.05) is 12.3 Å². The Morgan fingerprint density at radius 1 is 1.62 bits per heavy atom. The summed E-state index contributed by atoms with van der Waals surface area (Å²) < 4.78 is 0. The van der Waals surface area contributed by atoms with E-state index in [-0.39, 0.29) is 5.92 Å². The molecular weight excluding hydrogens is 160 g/mol. The average Bonchev–Trinajstić information content (AvgIpc) is 2.08. The molecule has 0 bridgehead atoms. The second kappa shape index (κ2) is 4.59. The molecule has 0 aromatic rings. The molecule has 1 saturated carbocycles. The first-order valence-corrected chi connectivity index (χ1v) is 5.28. The van der Waals surface area contributed by atoms with Crippen molar-refractivity contribution in [3.8, 4) is 0 Å². The Morgan fingerprint density at radius 2 is 2.31 bits per heavy atom. The number of ketones is 1. The van der Waals surface area contributed by atoms with Crippen molar-refractivity contribution in [3.63, 3.8) is 0 Å². The summed E-state index contributed by atoms with van der Waals surface area (Å²) in [6.07, 6.45) is 5.74. The molecule has 1 heteroatoms. The molecule has 0 saturated heterocycles. The zero-order chi connectivity index (χ0) is 9.84. The van der Waals surface area contributed by atoms with E-state index < -0.39 is 0 Å². The second-order valence-corrected chi connectivity index (χ2v) is 4.47. The van der Waals surface area contributed by atoms with Crippen LogP contribution in [0.5, 0.6) is 0 Å². The van der Waals surface area contributed by atoms with Gasteiger partial charge in [-0.05, 0) is 31.1 Å². The van der Waals surface area contributed by atoms with Gasteiger partial charge in [-0.2, -0.15) is 0 Å². The van der Waals surface area contributed by atoms with Crippen LogP contribution in [0.4, 0.5) is 0 Å². The lowest BCUT2D eigenvalue weighted by Crippen LogP contribution is -2.27. The molecule has 0 aromatic carbocycles. The predicted octanol–water partition coefficient (Wildman–Crippen LogP) is 3.20. The van der Waals surface area contributed by atoms with Crippen LogP contribution >= 0.6 is 0 Å². The standard InChI is InChI=1S/C12H20O/c1-4-5-11-8-10(9(2)3)6-7-12(11)13/h4,9-11H,1,5-8H2,2-3H3/t10-,11-/m0/s1. The Hall–Kier alpha value is -0.590. The van der Waals surface area contributed by atoms with E-state index in [0.29, 0.717) is 5.78 Å². The quantitative estimate of drug-likeness (QED) is 0.609. The molecule has 74 valence electrons. The van der Waals surface area contributed by atoms with Crippen molar-refractivity contribution in [2.24, 2.45) is 17.8 Å². The Bertz CT molecular complexity index is 193. The highest BCUT2D eigenvalue weighted by Crippen LogP contribution is 2.33. The van der Waals surface area contributed by atoms with E-state index in [4.69, 9.17) is 0 Å². The first-order chi connectivity index (χ1) is 6.15. The van der Waals surface area contributed by atoms with E-state index in [1.807, 2.05) is 6.08 Å². The van der Waals surface area contributed by atoms with E-state index in [2.05, 4.69) is 20.4 Å². The smallest absolute Gasteiger partial charge is 0.136 e. The van der Waals surface area contributed by atoms with Crippen LogP contribution in [0.1, 0.15) is 39.5 Å². The van der Waals surface area contributed by atoms with Crippen molar-refractivity contribution in [2.45, 2.75) is 39.5 Å². The minimum atomic E-state index is 0.277. The molecule has 13 heavy (non-hydrogen) atoms. The maximum absolute atomic E-state index is 11.5. The Labute approximate surface area is 81.2 Å². The van der Waals surface area contributed by atoms with Crippen LogP contribution in [0.2, 0.25) is 0 Å². The highest BCUT2D eigenvalue weighted by Gasteiger charge is 2.28. The fourth-order valence-corrected chi connectivity index (χ4v) is 2.18. The number of hydrogen-bond acceptors (Lipinski definition) is 1. The molecule has 1 fully saturated rings. The molecule has 0 aromatic heterocycles. The fraction of sp³-hybridized carbons (Fsp3) is 0.750. The third-order valence-corrected chi connectivity index (χ3v) is 3.20. The molecule has 1 aliphatic carbocycles. The van der Waals surface area contributed by atoms with Crippen LogP contribution in [0.3, 0.4) is 0 Å². The maximum atomic E-state index is 11.5. The summed E-state index contributed by atoms with van der Waals surface area (Å²) in [5.41, 5.74) is 0. The fourth-order valence-electron chi connectivity index (χ4n) is 2.18. The van der Waals surface area contributed by atoms with E-state index in [1.165, 1.54) is 0 Å². The van der Waals surface area contributed by atoms with Gasteiger partial charge in [-0.25, -0.2) is 0 Å². The third-order valence-electron chi connectivity index (χ3n) is 3.20. The van der Waals surface area contributed by atoms with Crippen molar-refractivity contribution < 1.29 is 4.79 Å². The zero-order valence-corrected chi connectivity index (χ0v) is 8.75. The number of rotatable bonds is 3. The molecule has 2 atom stereocenters. The number of hydrogen-bond donors (Lipinski definition) is 0. The minimum absolute atomic E-state index is 0.277. The van der Waals surface area contributed by atoms with Crippen LogP contribution in [0.15, 0.2) is 12.7 Å². The predicted molar refractivity (Wildman–Crippen MR) is 55.5 cm³/mol. The summed E-state index contributed by atoms with van der Waals surface area (Å²) in [5, 5.41) is 0. The Morgan fingerprint density at radius 3 is 2.85 bits per heavy atom. The first kappa shape index (κ1) is 10.5. The average molecular weight is 180 g/mol. The topological polar surface area (TPSA) is 17.1 Å². The van der Waals surface area contributed by atoms with Gasteiger partial charge >= 0.3 is 0 Å². The molecule has 0 heterocycles. The number of allylic oxidation sites excluding steroid dienone is 1. The second-order valence-electron chi connectivity index (χ2n) is 4.47. The van der Waals surface area contributed by atoms with Gasteiger partial charge in [-0.1, -0.05) is 19.9 Å². The SMILES string of the molecule is C=CC[C@H]1C[C@@H](C(C)C)CCC1=O. The normalized spacial score (nSPS) is 29.3. The van der Waals surface area contributed by atoms with Gasteiger partial charge < -0.3 is 0 Å². The van der Waals surface area contributed by atoms with Crippen LogP contribution < -0.4 is 0 Å². The van der Waals surface area contributed by atoms with Crippen LogP contribution in [-0.4, -0.2) is 5.78 Å². The van der Waals surface area contributed by atoms with E-state index in [9.17, 15) is 4.79 Å². The zero-order valence-electron chi connectivity index (χ0n) is 8.75. The molecule has 1 rings (SSSR count). The molecule has 0 radical (unpaired) electrons. The van der Waals surface area contributed by atoms with Gasteiger partial charge in [-0.3, -0.25) is 4.79 Å². The van der Waals surface area contributed by atoms with Crippen molar-refractivity contribution in [3.05, 3.63) is 12.7 Å². The van der Waals surface area contributed by atoms with Gasteiger partial charge in [-0.15, -0.1) is 6.58 Å². The molecule has 0 spiro atoms. The number of carbonyl (C=O) groups is 1. The summed E-state index contributed by atoms with van der Waals surface area (Å²) in [7, 11) is 0. The van der Waals surface area contributed by atoms with Crippen molar-refractivity contribution in [1.82, 2.24) is 0 Å². The summed E-state index contributed by atoms with van der Waals surface area (Å²) in [6.45, 7) is 8.22. The third kappa shape index (κ3) is 2.68. The number of carbonyl (C=O) groups excluding carboxylic acids is 1. The number of Topliss-reactive ketones (excluding diaryl/α,β-unsaturated/α-hetero) is 1. The van der Waals surface area contributed by atoms with Gasteiger partial charge in [0.05, 0.1) is 0 Å². The van der Waals surface area contributed by atoms with Crippen molar-refractivity contribution >= 4 is 5.78 Å². The summed E-state index contributed by atoms with van der Waals surface area (Å²) in [4.78, 5) is 11.5. The highest BCUT2D eigenvalue weighted by molar-refractivity contribution is 5.81. The van der Waals surface area contributed by atoms with E-state index >= 15 is 0 Å². The lowest BCUT2D eigenvalue weighted by molar-refractivity contribution is -0.125. The lowest BCUT2D eigenvalue weighted by atomic mass is 9.74. The van der Waals surface area contributed by atoms with Crippen LogP contribution in [0.25, 0.3) is 0 Å². The van der Waals surface area contributed by atoms with Crippen molar-refractivity contribution in [1.29, 1.82) is 0 Å². The summed E-state index contributed by atoms with van der Waals surface area (Å²) >= 11 is 0. The molecule has 0 aliphatic heterocycles. The van der Waals surface area contributed by atoms with E-state index in [1.54, 1.807) is 0 Å². The Balaban J connectivity index is 2.52.